The summed E-state index contributed by atoms with van der Waals surface area (Å²) in [7, 11) is 3.72. The molecule has 1 aliphatic rings. The minimum absolute atomic E-state index is 0.0330. The van der Waals surface area contributed by atoms with E-state index in [9.17, 15) is 14.9 Å². The summed E-state index contributed by atoms with van der Waals surface area (Å²) in [5.74, 6) is 0.452. The molecule has 1 fully saturated rings. The number of nitrogens with one attached hydrogen (secondary N) is 2. The number of carbonyl (C=O) groups is 2. The minimum Gasteiger partial charge on any atom is -0.372 e. The molecule has 2 N–H and O–H groups in total. The van der Waals surface area contributed by atoms with Gasteiger partial charge in [-0.2, -0.15) is 5.26 Å². The van der Waals surface area contributed by atoms with Crippen molar-refractivity contribution in [2.24, 2.45) is 5.92 Å². The second-order valence-corrected chi connectivity index (χ2v) is 6.93. The van der Waals surface area contributed by atoms with Gasteiger partial charge in [-0.1, -0.05) is 0 Å². The Morgan fingerprint density at radius 2 is 2.11 bits per heavy atom. The number of hydrogen-bond donors (Lipinski definition) is 2. The van der Waals surface area contributed by atoms with E-state index in [1.165, 1.54) is 18.6 Å². The zero-order valence-electron chi connectivity index (χ0n) is 15.7. The third-order valence-electron chi connectivity index (χ3n) is 4.21. The van der Waals surface area contributed by atoms with Crippen molar-refractivity contribution in [2.45, 2.75) is 18.9 Å². The van der Waals surface area contributed by atoms with Crippen LogP contribution in [0.15, 0.2) is 24.7 Å². The van der Waals surface area contributed by atoms with E-state index in [-0.39, 0.29) is 17.5 Å². The summed E-state index contributed by atoms with van der Waals surface area (Å²) in [6.45, 7) is 0.480. The second-order valence-electron chi connectivity index (χ2n) is 6.93. The standard InChI is InChI=1S/C19H21N7O2/c1-26(2)10-14(11-27)24-15-5-13(7-21-16(15)6-20)17-8-23-18(9-22-17)25-19(28)12-3-4-12/h5,7-9,11-12,14,24H,3-4,10H2,1-2H3,(H,23,25,28)/t14-/m0/s1. The summed E-state index contributed by atoms with van der Waals surface area (Å²) in [4.78, 5) is 37.7. The Balaban J connectivity index is 1.79. The Morgan fingerprint density at radius 1 is 1.32 bits per heavy atom. The van der Waals surface area contributed by atoms with Gasteiger partial charge in [0, 0.05) is 24.2 Å². The molecule has 144 valence electrons. The molecule has 0 aromatic carbocycles. The SMILES string of the molecule is CN(C)C[C@@H](C=O)Nc1cc(-c2cnc(NC(=O)C3CC3)cn2)cnc1C#N. The van der Waals surface area contributed by atoms with Gasteiger partial charge in [0.15, 0.2) is 11.5 Å². The van der Waals surface area contributed by atoms with Crippen LogP contribution in [0, 0.1) is 17.2 Å². The third-order valence-corrected chi connectivity index (χ3v) is 4.21. The first-order valence-electron chi connectivity index (χ1n) is 8.90. The molecule has 28 heavy (non-hydrogen) atoms. The first-order chi connectivity index (χ1) is 13.5. The number of nitriles is 1. The number of likely N-dealkylation sites (N-methyl/N-ethyl adjacent to an activating group) is 1. The van der Waals surface area contributed by atoms with E-state index >= 15 is 0 Å². The molecule has 2 aromatic rings. The lowest BCUT2D eigenvalue weighted by Gasteiger charge is -2.19. The Bertz CT molecular complexity index is 901. The minimum atomic E-state index is -0.481. The average molecular weight is 379 g/mol. The number of pyridine rings is 1. The largest absolute Gasteiger partial charge is 0.372 e. The van der Waals surface area contributed by atoms with Gasteiger partial charge in [0.1, 0.15) is 12.4 Å². The summed E-state index contributed by atoms with van der Waals surface area (Å²) < 4.78 is 0. The fraction of sp³-hybridized carbons (Fsp3) is 0.368. The summed E-state index contributed by atoms with van der Waals surface area (Å²) in [5, 5.41) is 15.1. The lowest BCUT2D eigenvalue weighted by molar-refractivity contribution is -0.117. The highest BCUT2D eigenvalue weighted by molar-refractivity contribution is 5.93. The zero-order valence-corrected chi connectivity index (χ0v) is 15.7. The van der Waals surface area contributed by atoms with Crippen LogP contribution in [0.25, 0.3) is 11.3 Å². The second kappa shape index (κ2) is 8.54. The number of nitrogens with zero attached hydrogens (tertiary/aromatic N) is 5. The Morgan fingerprint density at radius 3 is 2.68 bits per heavy atom. The van der Waals surface area contributed by atoms with Crippen molar-refractivity contribution in [3.63, 3.8) is 0 Å². The van der Waals surface area contributed by atoms with Crippen LogP contribution in [0.5, 0.6) is 0 Å². The summed E-state index contributed by atoms with van der Waals surface area (Å²) >= 11 is 0. The maximum Gasteiger partial charge on any atom is 0.228 e. The molecule has 3 rings (SSSR count). The first kappa shape index (κ1) is 19.4. The molecule has 0 saturated heterocycles. The van der Waals surface area contributed by atoms with Crippen molar-refractivity contribution in [3.8, 4) is 17.3 Å². The van der Waals surface area contributed by atoms with Crippen molar-refractivity contribution in [3.05, 3.63) is 30.4 Å². The van der Waals surface area contributed by atoms with Crippen molar-refractivity contribution in [2.75, 3.05) is 31.3 Å². The molecule has 0 unspecified atom stereocenters. The van der Waals surface area contributed by atoms with E-state index in [0.717, 1.165) is 19.1 Å². The van der Waals surface area contributed by atoms with Crippen LogP contribution in [0.4, 0.5) is 11.5 Å². The predicted octanol–water partition coefficient (Wildman–Crippen LogP) is 1.30. The highest BCUT2D eigenvalue weighted by atomic mass is 16.2. The molecule has 1 amide bonds. The fourth-order valence-electron chi connectivity index (χ4n) is 2.64. The van der Waals surface area contributed by atoms with Gasteiger partial charge < -0.3 is 20.3 Å². The number of amides is 1. The zero-order chi connectivity index (χ0) is 20.1. The lowest BCUT2D eigenvalue weighted by Crippen LogP contribution is -2.33. The number of carbonyl (C=O) groups excluding carboxylic acids is 2. The normalized spacial score (nSPS) is 14.2. The highest BCUT2D eigenvalue weighted by Gasteiger charge is 2.29. The van der Waals surface area contributed by atoms with E-state index in [2.05, 4.69) is 25.6 Å². The van der Waals surface area contributed by atoms with Gasteiger partial charge >= 0.3 is 0 Å². The quantitative estimate of drug-likeness (QED) is 0.658. The van der Waals surface area contributed by atoms with Crippen LogP contribution in [-0.4, -0.2) is 58.7 Å². The molecule has 1 aliphatic carbocycles. The Hall–Kier alpha value is -3.38. The molecule has 2 heterocycles. The number of aldehydes is 1. The molecule has 1 atom stereocenters. The van der Waals surface area contributed by atoms with Gasteiger partial charge in [0.05, 0.1) is 29.8 Å². The van der Waals surface area contributed by atoms with Crippen LogP contribution in [0.3, 0.4) is 0 Å². The van der Waals surface area contributed by atoms with Crippen LogP contribution in [0.2, 0.25) is 0 Å². The number of hydrogen-bond acceptors (Lipinski definition) is 8. The van der Waals surface area contributed by atoms with E-state index in [4.69, 9.17) is 0 Å². The average Bonchev–Trinajstić information content (AvgIpc) is 3.53. The van der Waals surface area contributed by atoms with E-state index in [1.807, 2.05) is 25.1 Å². The van der Waals surface area contributed by atoms with Gasteiger partial charge in [-0.05, 0) is 33.0 Å². The first-order valence-corrected chi connectivity index (χ1v) is 8.90. The number of anilines is 2. The molecular formula is C19H21N7O2. The Labute approximate surface area is 162 Å². The summed E-state index contributed by atoms with van der Waals surface area (Å²) in [6, 6.07) is 3.25. The van der Waals surface area contributed by atoms with Gasteiger partial charge in [0.2, 0.25) is 5.91 Å². The monoisotopic (exact) mass is 379 g/mol. The maximum absolute atomic E-state index is 11.8. The van der Waals surface area contributed by atoms with Crippen LogP contribution >= 0.6 is 0 Å². The maximum atomic E-state index is 11.8. The van der Waals surface area contributed by atoms with E-state index < -0.39 is 6.04 Å². The Kier molecular flexibility index (Phi) is 5.91. The van der Waals surface area contributed by atoms with Gasteiger partial charge in [-0.15, -0.1) is 0 Å². The molecule has 9 nitrogen and oxygen atoms in total. The molecular weight excluding hydrogens is 358 g/mol. The molecule has 0 bridgehead atoms. The highest BCUT2D eigenvalue weighted by Crippen LogP contribution is 2.30. The fourth-order valence-corrected chi connectivity index (χ4v) is 2.64. The molecule has 9 heteroatoms. The molecule has 0 radical (unpaired) electrons. The van der Waals surface area contributed by atoms with Gasteiger partial charge in [0.25, 0.3) is 0 Å². The molecule has 0 aliphatic heterocycles. The van der Waals surface area contributed by atoms with Gasteiger partial charge in [-0.3, -0.25) is 9.78 Å². The molecule has 2 aromatic heterocycles. The van der Waals surface area contributed by atoms with E-state index in [1.54, 1.807) is 6.07 Å². The lowest BCUT2D eigenvalue weighted by atomic mass is 10.1. The third kappa shape index (κ3) is 4.86. The topological polar surface area (TPSA) is 124 Å². The van der Waals surface area contributed by atoms with E-state index in [0.29, 0.717) is 29.3 Å². The number of rotatable bonds is 8. The van der Waals surface area contributed by atoms with Crippen LogP contribution < -0.4 is 10.6 Å². The van der Waals surface area contributed by atoms with Gasteiger partial charge in [-0.25, -0.2) is 9.97 Å². The smallest absolute Gasteiger partial charge is 0.228 e. The summed E-state index contributed by atoms with van der Waals surface area (Å²) in [5.41, 5.74) is 1.82. The predicted molar refractivity (Wildman–Crippen MR) is 103 cm³/mol. The molecule has 1 saturated carbocycles. The number of aromatic nitrogens is 3. The van der Waals surface area contributed by atoms with Crippen molar-refractivity contribution in [1.29, 1.82) is 5.26 Å². The van der Waals surface area contributed by atoms with Crippen LogP contribution in [0.1, 0.15) is 18.5 Å². The van der Waals surface area contributed by atoms with Crippen molar-refractivity contribution < 1.29 is 9.59 Å². The van der Waals surface area contributed by atoms with Crippen molar-refractivity contribution >= 4 is 23.7 Å². The summed E-state index contributed by atoms with van der Waals surface area (Å²) in [6.07, 6.45) is 7.18. The molecule has 0 spiro atoms. The van der Waals surface area contributed by atoms with Crippen molar-refractivity contribution in [1.82, 2.24) is 19.9 Å². The van der Waals surface area contributed by atoms with Crippen LogP contribution in [-0.2, 0) is 9.59 Å².